The number of aliphatic imine (C=N–C) groups is 1. The van der Waals surface area contributed by atoms with Crippen molar-refractivity contribution in [2.45, 2.75) is 25.5 Å². The average Bonchev–Trinajstić information content (AvgIpc) is 3.21. The molecule has 0 radical (unpaired) electrons. The van der Waals surface area contributed by atoms with E-state index in [1.807, 2.05) is 44.2 Å². The van der Waals surface area contributed by atoms with Crippen LogP contribution >= 0.6 is 34.8 Å². The Hall–Kier alpha value is -2.73. The standard InChI is InChI=1S/C26H23Cl3N2O3/c1-16(2)34-23-14-21(33-3)12-13-22(23)24-30-26(15-31(24)25(29)32,17-4-8-19(27)9-5-17)18-6-10-20(28)11-7-18/h4-14,16H,15H2,1-3H3. The molecule has 8 heteroatoms. The van der Waals surface area contributed by atoms with Gasteiger partial charge in [0.2, 0.25) is 0 Å². The van der Waals surface area contributed by atoms with E-state index in [9.17, 15) is 4.79 Å². The lowest BCUT2D eigenvalue weighted by Gasteiger charge is -2.28. The van der Waals surface area contributed by atoms with Gasteiger partial charge in [-0.15, -0.1) is 0 Å². The molecule has 0 fully saturated rings. The first-order valence-corrected chi connectivity index (χ1v) is 11.8. The zero-order chi connectivity index (χ0) is 24.5. The van der Waals surface area contributed by atoms with Gasteiger partial charge in [0.15, 0.2) is 0 Å². The molecule has 3 aromatic carbocycles. The number of benzene rings is 3. The molecule has 1 aliphatic heterocycles. The van der Waals surface area contributed by atoms with Crippen LogP contribution in [0, 0.1) is 0 Å². The molecule has 0 aliphatic carbocycles. The summed E-state index contributed by atoms with van der Waals surface area (Å²) in [5.41, 5.74) is 1.42. The number of nitrogens with zero attached hydrogens (tertiary/aromatic N) is 2. The minimum Gasteiger partial charge on any atom is -0.497 e. The van der Waals surface area contributed by atoms with E-state index in [1.54, 1.807) is 43.5 Å². The molecule has 4 rings (SSSR count). The number of hydrogen-bond donors (Lipinski definition) is 0. The molecule has 1 heterocycles. The molecule has 5 nitrogen and oxygen atoms in total. The van der Waals surface area contributed by atoms with Crippen LogP contribution in [0.25, 0.3) is 0 Å². The van der Waals surface area contributed by atoms with Crippen LogP contribution in [0.5, 0.6) is 11.5 Å². The van der Waals surface area contributed by atoms with Crippen LogP contribution in [0.2, 0.25) is 10.0 Å². The molecule has 0 atom stereocenters. The maximum Gasteiger partial charge on any atom is 0.322 e. The molecule has 0 aromatic heterocycles. The molecule has 0 N–H and O–H groups in total. The lowest BCUT2D eigenvalue weighted by Crippen LogP contribution is -2.37. The third-order valence-corrected chi connectivity index (χ3v) is 6.30. The first kappa shape index (κ1) is 24.4. The predicted octanol–water partition coefficient (Wildman–Crippen LogP) is 7.15. The first-order valence-electron chi connectivity index (χ1n) is 10.7. The van der Waals surface area contributed by atoms with Crippen LogP contribution in [0.15, 0.2) is 71.7 Å². The second-order valence-corrected chi connectivity index (χ2v) is 9.37. The Morgan fingerprint density at radius 2 is 1.53 bits per heavy atom. The van der Waals surface area contributed by atoms with E-state index in [0.717, 1.165) is 11.1 Å². The highest BCUT2D eigenvalue weighted by Gasteiger charge is 2.45. The van der Waals surface area contributed by atoms with Crippen molar-refractivity contribution in [2.24, 2.45) is 4.99 Å². The summed E-state index contributed by atoms with van der Waals surface area (Å²) in [6.45, 7) is 4.05. The summed E-state index contributed by atoms with van der Waals surface area (Å²) in [5, 5.41) is 0.561. The Kier molecular flexibility index (Phi) is 7.08. The van der Waals surface area contributed by atoms with Gasteiger partial charge in [-0.3, -0.25) is 9.69 Å². The van der Waals surface area contributed by atoms with Crippen molar-refractivity contribution in [1.29, 1.82) is 0 Å². The van der Waals surface area contributed by atoms with E-state index in [2.05, 4.69) is 0 Å². The molecular weight excluding hydrogens is 495 g/mol. The number of methoxy groups -OCH3 is 1. The summed E-state index contributed by atoms with van der Waals surface area (Å²) in [4.78, 5) is 19.3. The van der Waals surface area contributed by atoms with Gasteiger partial charge in [-0.05, 0) is 73.0 Å². The smallest absolute Gasteiger partial charge is 0.322 e. The number of rotatable bonds is 6. The van der Waals surface area contributed by atoms with Crippen molar-refractivity contribution in [3.63, 3.8) is 0 Å². The zero-order valence-electron chi connectivity index (χ0n) is 18.9. The maximum absolute atomic E-state index is 12.6. The number of ether oxygens (including phenoxy) is 2. The predicted molar refractivity (Wildman–Crippen MR) is 137 cm³/mol. The third kappa shape index (κ3) is 4.74. The van der Waals surface area contributed by atoms with Crippen LogP contribution in [-0.4, -0.2) is 35.9 Å². The van der Waals surface area contributed by atoms with E-state index < -0.39 is 10.9 Å². The maximum atomic E-state index is 12.6. The van der Waals surface area contributed by atoms with Gasteiger partial charge in [0.1, 0.15) is 22.9 Å². The van der Waals surface area contributed by atoms with Gasteiger partial charge in [0.05, 0.1) is 25.3 Å². The molecule has 0 bridgehead atoms. The lowest BCUT2D eigenvalue weighted by molar-refractivity contribution is 0.238. The lowest BCUT2D eigenvalue weighted by atomic mass is 9.83. The highest BCUT2D eigenvalue weighted by Crippen LogP contribution is 2.42. The van der Waals surface area contributed by atoms with E-state index >= 15 is 0 Å². The SMILES string of the molecule is COc1ccc(C2=NC(c3ccc(Cl)cc3)(c3ccc(Cl)cc3)CN2C(=O)Cl)c(OC(C)C)c1. The highest BCUT2D eigenvalue weighted by atomic mass is 35.5. The number of hydrogen-bond acceptors (Lipinski definition) is 4. The molecule has 0 unspecified atom stereocenters. The fourth-order valence-electron chi connectivity index (χ4n) is 4.03. The Balaban J connectivity index is 1.97. The van der Waals surface area contributed by atoms with Gasteiger partial charge in [0, 0.05) is 16.1 Å². The van der Waals surface area contributed by atoms with Crippen LogP contribution < -0.4 is 9.47 Å². The van der Waals surface area contributed by atoms with Gasteiger partial charge in [-0.2, -0.15) is 0 Å². The van der Waals surface area contributed by atoms with Crippen molar-refractivity contribution in [1.82, 2.24) is 4.90 Å². The van der Waals surface area contributed by atoms with Crippen LogP contribution in [-0.2, 0) is 5.54 Å². The van der Waals surface area contributed by atoms with Crippen LogP contribution in [0.1, 0.15) is 30.5 Å². The van der Waals surface area contributed by atoms with E-state index in [0.29, 0.717) is 32.9 Å². The Labute approximate surface area is 213 Å². The molecule has 1 amide bonds. The largest absolute Gasteiger partial charge is 0.497 e. The molecule has 34 heavy (non-hydrogen) atoms. The van der Waals surface area contributed by atoms with Crippen LogP contribution in [0.4, 0.5) is 4.79 Å². The van der Waals surface area contributed by atoms with Crippen molar-refractivity contribution >= 4 is 46.0 Å². The average molecular weight is 518 g/mol. The molecule has 3 aromatic rings. The monoisotopic (exact) mass is 516 g/mol. The third-order valence-electron chi connectivity index (χ3n) is 5.59. The Morgan fingerprint density at radius 3 is 2.00 bits per heavy atom. The van der Waals surface area contributed by atoms with Crippen molar-refractivity contribution in [3.8, 4) is 11.5 Å². The topological polar surface area (TPSA) is 51.1 Å². The molecule has 0 saturated carbocycles. The summed E-state index contributed by atoms with van der Waals surface area (Å²) in [6.07, 6.45) is -0.106. The Morgan fingerprint density at radius 1 is 0.971 bits per heavy atom. The summed E-state index contributed by atoms with van der Waals surface area (Å²) in [5.74, 6) is 1.57. The molecule has 0 saturated heterocycles. The minimum absolute atomic E-state index is 0.106. The Bertz CT molecular complexity index is 1180. The molecule has 1 aliphatic rings. The van der Waals surface area contributed by atoms with E-state index in [1.165, 1.54) is 4.90 Å². The quantitative estimate of drug-likeness (QED) is 0.258. The first-order chi connectivity index (χ1) is 16.2. The van der Waals surface area contributed by atoms with Gasteiger partial charge in [0.25, 0.3) is 0 Å². The molecule has 0 spiro atoms. The van der Waals surface area contributed by atoms with Crippen molar-refractivity contribution in [2.75, 3.05) is 13.7 Å². The second-order valence-electron chi connectivity index (χ2n) is 8.18. The normalized spacial score (nSPS) is 14.8. The van der Waals surface area contributed by atoms with Gasteiger partial charge in [-0.1, -0.05) is 47.5 Å². The summed E-state index contributed by atoms with van der Waals surface area (Å²) >= 11 is 18.4. The number of halogens is 3. The number of amidine groups is 1. The molecule has 176 valence electrons. The summed E-state index contributed by atoms with van der Waals surface area (Å²) in [7, 11) is 1.59. The second kappa shape index (κ2) is 9.87. The number of carbonyl (C=O) groups is 1. The fraction of sp³-hybridized carbons (Fsp3) is 0.231. The van der Waals surface area contributed by atoms with Crippen molar-refractivity contribution < 1.29 is 14.3 Å². The number of amides is 1. The van der Waals surface area contributed by atoms with Crippen LogP contribution in [0.3, 0.4) is 0 Å². The van der Waals surface area contributed by atoms with E-state index in [4.69, 9.17) is 49.3 Å². The van der Waals surface area contributed by atoms with Gasteiger partial charge in [-0.25, -0.2) is 4.99 Å². The highest BCUT2D eigenvalue weighted by molar-refractivity contribution is 6.64. The van der Waals surface area contributed by atoms with Crippen molar-refractivity contribution in [3.05, 3.63) is 93.5 Å². The zero-order valence-corrected chi connectivity index (χ0v) is 21.2. The van der Waals surface area contributed by atoms with E-state index in [-0.39, 0.29) is 12.6 Å². The van der Waals surface area contributed by atoms with Gasteiger partial charge >= 0.3 is 5.37 Å². The molecular formula is C26H23Cl3N2O3. The number of carbonyl (C=O) groups excluding carboxylic acids is 1. The minimum atomic E-state index is -0.926. The fourth-order valence-corrected chi connectivity index (χ4v) is 4.42. The van der Waals surface area contributed by atoms with Gasteiger partial charge < -0.3 is 9.47 Å². The summed E-state index contributed by atoms with van der Waals surface area (Å²) < 4.78 is 11.4. The summed E-state index contributed by atoms with van der Waals surface area (Å²) in [6, 6.07) is 20.2.